The van der Waals surface area contributed by atoms with Crippen LogP contribution < -0.4 is 5.32 Å². The van der Waals surface area contributed by atoms with Crippen LogP contribution in [-0.2, 0) is 20.5 Å². The second-order valence-electron chi connectivity index (χ2n) is 5.99. The van der Waals surface area contributed by atoms with Gasteiger partial charge >= 0.3 is 12.1 Å². The number of hydrogen-bond acceptors (Lipinski definition) is 5. The third-order valence-electron chi connectivity index (χ3n) is 4.15. The molecule has 1 aliphatic rings. The molecular weight excluding hydrogens is 391 g/mol. The highest BCUT2D eigenvalue weighted by atomic mass is 32.2. The van der Waals surface area contributed by atoms with Crippen LogP contribution in [0.1, 0.15) is 21.9 Å². The van der Waals surface area contributed by atoms with E-state index in [9.17, 15) is 22.8 Å². The topological polar surface area (TPSA) is 55.4 Å². The average molecular weight is 407 g/mol. The second-order valence-corrected chi connectivity index (χ2v) is 7.10. The van der Waals surface area contributed by atoms with E-state index in [0.29, 0.717) is 5.03 Å². The van der Waals surface area contributed by atoms with Crippen molar-refractivity contribution in [2.45, 2.75) is 11.4 Å². The average Bonchev–Trinajstić information content (AvgIpc) is 3.02. The van der Waals surface area contributed by atoms with Crippen LogP contribution in [0.25, 0.3) is 5.57 Å². The molecule has 1 heterocycles. The Labute approximate surface area is 163 Å². The van der Waals surface area contributed by atoms with Gasteiger partial charge in [-0.1, -0.05) is 54.2 Å². The van der Waals surface area contributed by atoms with Gasteiger partial charge in [-0.05, 0) is 23.3 Å². The molecule has 0 saturated carbocycles. The Kier molecular flexibility index (Phi) is 5.79. The molecule has 0 amide bonds. The number of hydrogen-bond donors (Lipinski definition) is 1. The number of allylic oxidation sites excluding steroid dienone is 1. The van der Waals surface area contributed by atoms with Crippen molar-refractivity contribution in [2.75, 3.05) is 13.7 Å². The summed E-state index contributed by atoms with van der Waals surface area (Å²) in [5.74, 6) is -0.866. The largest absolute Gasteiger partial charge is 0.468 e. The molecule has 4 nitrogen and oxygen atoms in total. The number of halogens is 3. The molecule has 2 aromatic carbocycles. The van der Waals surface area contributed by atoms with Crippen molar-refractivity contribution in [2.24, 2.45) is 0 Å². The molecule has 0 fully saturated rings. The molecular formula is C20H16F3NO3S. The van der Waals surface area contributed by atoms with E-state index < -0.39 is 23.0 Å². The first-order valence-electron chi connectivity index (χ1n) is 8.29. The lowest BCUT2D eigenvalue weighted by Crippen LogP contribution is -2.22. The van der Waals surface area contributed by atoms with E-state index in [1.54, 1.807) is 24.3 Å². The quantitative estimate of drug-likeness (QED) is 0.754. The van der Waals surface area contributed by atoms with Crippen LogP contribution in [-0.4, -0.2) is 25.4 Å². The summed E-state index contributed by atoms with van der Waals surface area (Å²) in [7, 11) is 1.23. The van der Waals surface area contributed by atoms with Gasteiger partial charge in [0, 0.05) is 0 Å². The van der Waals surface area contributed by atoms with Crippen LogP contribution in [0, 0.1) is 0 Å². The molecule has 0 bridgehead atoms. The monoisotopic (exact) mass is 407 g/mol. The first kappa shape index (κ1) is 20.0. The van der Waals surface area contributed by atoms with Gasteiger partial charge in [0.2, 0.25) is 0 Å². The van der Waals surface area contributed by atoms with Crippen LogP contribution in [0.3, 0.4) is 0 Å². The highest BCUT2D eigenvalue weighted by molar-refractivity contribution is 8.04. The predicted octanol–water partition coefficient (Wildman–Crippen LogP) is 4.19. The van der Waals surface area contributed by atoms with Gasteiger partial charge in [-0.15, -0.1) is 0 Å². The van der Waals surface area contributed by atoms with E-state index >= 15 is 0 Å². The number of ether oxygens (including phenoxy) is 1. The van der Waals surface area contributed by atoms with Crippen LogP contribution in [0.5, 0.6) is 0 Å². The normalized spacial score (nSPS) is 17.0. The van der Waals surface area contributed by atoms with Crippen molar-refractivity contribution in [3.05, 3.63) is 76.3 Å². The summed E-state index contributed by atoms with van der Waals surface area (Å²) < 4.78 is 43.9. The van der Waals surface area contributed by atoms with Gasteiger partial charge in [0.1, 0.15) is 6.54 Å². The molecule has 1 atom stereocenters. The Hall–Kier alpha value is -2.74. The van der Waals surface area contributed by atoms with E-state index in [2.05, 4.69) is 10.1 Å². The van der Waals surface area contributed by atoms with Gasteiger partial charge in [-0.2, -0.15) is 13.2 Å². The maximum atomic E-state index is 13.1. The number of carbonyl (C=O) groups is 2. The summed E-state index contributed by atoms with van der Waals surface area (Å²) in [5, 5.41) is 2.58. The molecule has 1 aliphatic heterocycles. The molecule has 0 aromatic heterocycles. The summed E-state index contributed by atoms with van der Waals surface area (Å²) in [5.41, 5.74) is 0.176. The maximum Gasteiger partial charge on any atom is 0.416 e. The standard InChI is InChI=1S/C20H16F3NO3S/c1-27-15(25)11-24-19-16(13-8-5-9-14(10-13)20(21,22)23)17(26)18(28-19)12-6-3-2-4-7-12/h2-10,18,24H,11H2,1H3. The van der Waals surface area contributed by atoms with Gasteiger partial charge in [-0.25, -0.2) is 0 Å². The SMILES string of the molecule is COC(=O)CNC1=C(c2cccc(C(F)(F)F)c2)C(=O)C(c2ccccc2)S1. The molecule has 28 heavy (non-hydrogen) atoms. The van der Waals surface area contributed by atoms with Crippen molar-refractivity contribution in [3.8, 4) is 0 Å². The summed E-state index contributed by atoms with van der Waals surface area (Å²) in [6, 6.07) is 13.6. The van der Waals surface area contributed by atoms with Crippen molar-refractivity contribution >= 4 is 29.1 Å². The summed E-state index contributed by atoms with van der Waals surface area (Å²) in [6.07, 6.45) is -4.52. The number of ketones is 1. The van der Waals surface area contributed by atoms with Gasteiger partial charge in [0.15, 0.2) is 5.78 Å². The Balaban J connectivity index is 2.01. The maximum absolute atomic E-state index is 13.1. The first-order valence-corrected chi connectivity index (χ1v) is 9.17. The fourth-order valence-electron chi connectivity index (χ4n) is 2.80. The lowest BCUT2D eigenvalue weighted by molar-refractivity contribution is -0.139. The fraction of sp³-hybridized carbons (Fsp3) is 0.200. The van der Waals surface area contributed by atoms with E-state index in [-0.39, 0.29) is 23.5 Å². The summed E-state index contributed by atoms with van der Waals surface area (Å²) in [6.45, 7) is -0.198. The smallest absolute Gasteiger partial charge is 0.416 e. The molecule has 0 radical (unpaired) electrons. The fourth-order valence-corrected chi connectivity index (χ4v) is 4.05. The summed E-state index contributed by atoms with van der Waals surface area (Å²) in [4.78, 5) is 24.6. The van der Waals surface area contributed by atoms with Gasteiger partial charge in [-0.3, -0.25) is 9.59 Å². The Bertz CT molecular complexity index is 926. The minimum absolute atomic E-state index is 0.133. The molecule has 8 heteroatoms. The Morgan fingerprint density at radius 3 is 2.50 bits per heavy atom. The number of carbonyl (C=O) groups excluding carboxylic acids is 2. The first-order chi connectivity index (χ1) is 13.3. The summed E-state index contributed by atoms with van der Waals surface area (Å²) >= 11 is 1.17. The number of nitrogens with one attached hydrogen (secondary N) is 1. The van der Waals surface area contributed by atoms with Crippen LogP contribution in [0.4, 0.5) is 13.2 Å². The minimum Gasteiger partial charge on any atom is -0.468 e. The van der Waals surface area contributed by atoms with Gasteiger partial charge < -0.3 is 10.1 Å². The number of Topliss-reactive ketones (excluding diaryl/α,β-unsaturated/α-hetero) is 1. The molecule has 0 aliphatic carbocycles. The van der Waals surface area contributed by atoms with E-state index in [1.807, 2.05) is 6.07 Å². The predicted molar refractivity (Wildman–Crippen MR) is 100 cm³/mol. The van der Waals surface area contributed by atoms with Crippen molar-refractivity contribution < 1.29 is 27.5 Å². The highest BCUT2D eigenvalue weighted by Crippen LogP contribution is 2.47. The lowest BCUT2D eigenvalue weighted by Gasteiger charge is -2.11. The van der Waals surface area contributed by atoms with Crippen molar-refractivity contribution in [1.29, 1.82) is 0 Å². The van der Waals surface area contributed by atoms with E-state index in [0.717, 1.165) is 17.7 Å². The zero-order valence-electron chi connectivity index (χ0n) is 14.7. The zero-order valence-corrected chi connectivity index (χ0v) is 15.6. The zero-order chi connectivity index (χ0) is 20.3. The molecule has 146 valence electrons. The Morgan fingerprint density at radius 1 is 1.14 bits per heavy atom. The van der Waals surface area contributed by atoms with Crippen molar-refractivity contribution in [1.82, 2.24) is 5.32 Å². The molecule has 0 spiro atoms. The van der Waals surface area contributed by atoms with Crippen LogP contribution in [0.15, 0.2) is 59.6 Å². The molecule has 3 rings (SSSR count). The number of alkyl halides is 3. The van der Waals surface area contributed by atoms with Crippen LogP contribution >= 0.6 is 11.8 Å². The molecule has 1 N–H and O–H groups in total. The van der Waals surface area contributed by atoms with Crippen molar-refractivity contribution in [3.63, 3.8) is 0 Å². The van der Waals surface area contributed by atoms with Crippen LogP contribution in [0.2, 0.25) is 0 Å². The minimum atomic E-state index is -4.52. The highest BCUT2D eigenvalue weighted by Gasteiger charge is 2.37. The number of rotatable bonds is 5. The molecule has 1 unspecified atom stereocenters. The van der Waals surface area contributed by atoms with E-state index in [1.165, 1.54) is 31.0 Å². The number of thioether (sulfide) groups is 1. The number of esters is 1. The second kappa shape index (κ2) is 8.10. The van der Waals surface area contributed by atoms with E-state index in [4.69, 9.17) is 0 Å². The van der Waals surface area contributed by atoms with Gasteiger partial charge in [0.05, 0.1) is 28.5 Å². The molecule has 0 saturated heterocycles. The number of methoxy groups -OCH3 is 1. The third kappa shape index (κ3) is 4.22. The van der Waals surface area contributed by atoms with Gasteiger partial charge in [0.25, 0.3) is 0 Å². The third-order valence-corrected chi connectivity index (χ3v) is 5.46. The Morgan fingerprint density at radius 2 is 1.86 bits per heavy atom. The lowest BCUT2D eigenvalue weighted by atomic mass is 9.96. The molecule has 2 aromatic rings. The number of benzene rings is 2.